The van der Waals surface area contributed by atoms with Gasteiger partial charge in [-0.1, -0.05) is 36.9 Å². The van der Waals surface area contributed by atoms with Crippen LogP contribution in [0.1, 0.15) is 23.2 Å². The molecule has 4 aromatic rings. The summed E-state index contributed by atoms with van der Waals surface area (Å²) in [7, 11) is 0. The standard InChI is InChI=1S/C18H16FN3S2/c1-3-17-20-21-18(23-10-12-6-4-5-7-13(12)19)15-9-16-14(22(15)17)8-11(2)24-16/h4-9H,3,10H2,1-2H3. The molecule has 0 aliphatic heterocycles. The Morgan fingerprint density at radius 1 is 1.17 bits per heavy atom. The van der Waals surface area contributed by atoms with Crippen LogP contribution in [0.15, 0.2) is 41.4 Å². The lowest BCUT2D eigenvalue weighted by atomic mass is 10.2. The Kier molecular flexibility index (Phi) is 4.02. The van der Waals surface area contributed by atoms with E-state index in [1.807, 2.05) is 12.1 Å². The third-order valence-corrected chi connectivity index (χ3v) is 5.99. The van der Waals surface area contributed by atoms with Crippen molar-refractivity contribution in [2.75, 3.05) is 0 Å². The number of hydrogen-bond donors (Lipinski definition) is 0. The highest BCUT2D eigenvalue weighted by atomic mass is 32.2. The van der Waals surface area contributed by atoms with Crippen molar-refractivity contribution in [2.24, 2.45) is 0 Å². The van der Waals surface area contributed by atoms with Gasteiger partial charge in [0, 0.05) is 17.1 Å². The van der Waals surface area contributed by atoms with E-state index < -0.39 is 0 Å². The number of halogens is 1. The maximum absolute atomic E-state index is 13.8. The second-order valence-electron chi connectivity index (χ2n) is 5.63. The Hall–Kier alpha value is -1.92. The van der Waals surface area contributed by atoms with Gasteiger partial charge in [0.05, 0.1) is 15.7 Å². The fourth-order valence-corrected chi connectivity index (χ4v) is 4.71. The zero-order valence-electron chi connectivity index (χ0n) is 13.4. The van der Waals surface area contributed by atoms with Crippen LogP contribution in [0, 0.1) is 12.7 Å². The van der Waals surface area contributed by atoms with Gasteiger partial charge in [0.25, 0.3) is 0 Å². The molecule has 3 nitrogen and oxygen atoms in total. The summed E-state index contributed by atoms with van der Waals surface area (Å²) < 4.78 is 17.3. The Balaban J connectivity index is 1.78. The van der Waals surface area contributed by atoms with E-state index in [1.165, 1.54) is 32.9 Å². The summed E-state index contributed by atoms with van der Waals surface area (Å²) in [6.45, 7) is 4.20. The molecular weight excluding hydrogens is 341 g/mol. The summed E-state index contributed by atoms with van der Waals surface area (Å²) in [6, 6.07) is 11.2. The Morgan fingerprint density at radius 2 is 2.00 bits per heavy atom. The van der Waals surface area contributed by atoms with Gasteiger partial charge in [-0.2, -0.15) is 0 Å². The van der Waals surface area contributed by atoms with E-state index >= 15 is 0 Å². The van der Waals surface area contributed by atoms with Crippen molar-refractivity contribution in [2.45, 2.75) is 31.0 Å². The predicted molar refractivity (Wildman–Crippen MR) is 98.4 cm³/mol. The molecule has 3 aromatic heterocycles. The van der Waals surface area contributed by atoms with Gasteiger partial charge in [-0.3, -0.25) is 4.40 Å². The number of aryl methyl sites for hydroxylation is 2. The van der Waals surface area contributed by atoms with Crippen molar-refractivity contribution in [3.63, 3.8) is 0 Å². The third kappa shape index (κ3) is 2.59. The molecule has 0 atom stereocenters. The van der Waals surface area contributed by atoms with E-state index in [-0.39, 0.29) is 5.82 Å². The number of fused-ring (bicyclic) bond motifs is 3. The number of hydrogen-bond acceptors (Lipinski definition) is 4. The van der Waals surface area contributed by atoms with Crippen LogP contribution in [-0.2, 0) is 12.2 Å². The van der Waals surface area contributed by atoms with E-state index in [0.717, 1.165) is 22.8 Å². The highest BCUT2D eigenvalue weighted by Crippen LogP contribution is 2.34. The highest BCUT2D eigenvalue weighted by Gasteiger charge is 2.15. The number of thiophene rings is 1. The summed E-state index contributed by atoms with van der Waals surface area (Å²) in [5.74, 6) is 1.32. The van der Waals surface area contributed by atoms with E-state index in [2.05, 4.69) is 40.6 Å². The molecule has 0 aliphatic rings. The van der Waals surface area contributed by atoms with Crippen LogP contribution in [0.2, 0.25) is 0 Å². The molecule has 6 heteroatoms. The second kappa shape index (κ2) is 6.18. The summed E-state index contributed by atoms with van der Waals surface area (Å²) in [5.41, 5.74) is 2.93. The second-order valence-corrected chi connectivity index (χ2v) is 7.88. The maximum Gasteiger partial charge on any atom is 0.143 e. The van der Waals surface area contributed by atoms with Crippen LogP contribution in [0.4, 0.5) is 4.39 Å². The Morgan fingerprint density at radius 3 is 2.79 bits per heavy atom. The molecule has 0 bridgehead atoms. The Bertz CT molecular complexity index is 1040. The van der Waals surface area contributed by atoms with E-state index in [1.54, 1.807) is 17.4 Å². The molecule has 0 amide bonds. The van der Waals surface area contributed by atoms with E-state index in [4.69, 9.17) is 0 Å². The Labute approximate surface area is 147 Å². The molecule has 0 spiro atoms. The van der Waals surface area contributed by atoms with Gasteiger partial charge in [-0.15, -0.1) is 21.5 Å². The largest absolute Gasteiger partial charge is 0.293 e. The fourth-order valence-electron chi connectivity index (χ4n) is 2.84. The average Bonchev–Trinajstić information content (AvgIpc) is 3.10. The monoisotopic (exact) mass is 357 g/mol. The van der Waals surface area contributed by atoms with Crippen molar-refractivity contribution in [1.82, 2.24) is 14.6 Å². The quantitative estimate of drug-likeness (QED) is 0.468. The smallest absolute Gasteiger partial charge is 0.143 e. The molecule has 24 heavy (non-hydrogen) atoms. The van der Waals surface area contributed by atoms with Crippen molar-refractivity contribution in [1.29, 1.82) is 0 Å². The average molecular weight is 357 g/mol. The first-order valence-electron chi connectivity index (χ1n) is 7.80. The molecule has 4 rings (SSSR count). The molecule has 1 aromatic carbocycles. The normalized spacial score (nSPS) is 11.6. The molecular formula is C18H16FN3S2. The topological polar surface area (TPSA) is 30.2 Å². The van der Waals surface area contributed by atoms with Gasteiger partial charge >= 0.3 is 0 Å². The van der Waals surface area contributed by atoms with Crippen LogP contribution in [0.25, 0.3) is 15.7 Å². The first-order valence-corrected chi connectivity index (χ1v) is 9.61. The summed E-state index contributed by atoms with van der Waals surface area (Å²) >= 11 is 3.31. The zero-order chi connectivity index (χ0) is 16.7. The number of thioether (sulfide) groups is 1. The van der Waals surface area contributed by atoms with Crippen LogP contribution in [0.3, 0.4) is 0 Å². The van der Waals surface area contributed by atoms with E-state index in [0.29, 0.717) is 11.3 Å². The first-order chi connectivity index (χ1) is 11.7. The molecule has 0 fully saturated rings. The van der Waals surface area contributed by atoms with Crippen molar-refractivity contribution in [3.05, 3.63) is 58.5 Å². The summed E-state index contributed by atoms with van der Waals surface area (Å²) in [6.07, 6.45) is 0.820. The van der Waals surface area contributed by atoms with Crippen LogP contribution in [0.5, 0.6) is 0 Å². The zero-order valence-corrected chi connectivity index (χ0v) is 15.0. The number of aromatic nitrogens is 3. The predicted octanol–water partition coefficient (Wildman–Crippen LogP) is 5.25. The third-order valence-electron chi connectivity index (χ3n) is 3.98. The van der Waals surface area contributed by atoms with E-state index in [9.17, 15) is 4.39 Å². The van der Waals surface area contributed by atoms with Crippen molar-refractivity contribution in [3.8, 4) is 0 Å². The molecule has 3 heterocycles. The van der Waals surface area contributed by atoms with Gasteiger partial charge in [0.2, 0.25) is 0 Å². The minimum atomic E-state index is -0.175. The number of benzene rings is 1. The lowest BCUT2D eigenvalue weighted by molar-refractivity contribution is 0.617. The van der Waals surface area contributed by atoms with Gasteiger partial charge in [0.15, 0.2) is 0 Å². The molecule has 0 N–H and O–H groups in total. The van der Waals surface area contributed by atoms with Crippen LogP contribution >= 0.6 is 23.1 Å². The molecule has 0 saturated heterocycles. The molecule has 122 valence electrons. The SMILES string of the molecule is CCc1nnc(SCc2ccccc2F)c2cc3sc(C)cc3n12. The van der Waals surface area contributed by atoms with Gasteiger partial charge in [-0.05, 0) is 30.7 Å². The van der Waals surface area contributed by atoms with Crippen LogP contribution in [-0.4, -0.2) is 14.6 Å². The molecule has 0 saturated carbocycles. The van der Waals surface area contributed by atoms with Crippen molar-refractivity contribution >= 4 is 38.8 Å². The van der Waals surface area contributed by atoms with Gasteiger partial charge in [0.1, 0.15) is 16.7 Å². The first kappa shape index (κ1) is 15.6. The number of rotatable bonds is 4. The molecule has 0 unspecified atom stereocenters. The van der Waals surface area contributed by atoms with Gasteiger partial charge < -0.3 is 0 Å². The minimum absolute atomic E-state index is 0.175. The fraction of sp³-hybridized carbons (Fsp3) is 0.222. The lowest BCUT2D eigenvalue weighted by Gasteiger charge is -2.07. The number of nitrogens with zero attached hydrogens (tertiary/aromatic N) is 3. The highest BCUT2D eigenvalue weighted by molar-refractivity contribution is 7.98. The lowest BCUT2D eigenvalue weighted by Crippen LogP contribution is -2.03. The summed E-state index contributed by atoms with van der Waals surface area (Å²) in [5, 5.41) is 9.63. The maximum atomic E-state index is 13.8. The molecule has 0 aliphatic carbocycles. The minimum Gasteiger partial charge on any atom is -0.293 e. The van der Waals surface area contributed by atoms with Gasteiger partial charge in [-0.25, -0.2) is 4.39 Å². The van der Waals surface area contributed by atoms with Crippen molar-refractivity contribution < 1.29 is 4.39 Å². The summed E-state index contributed by atoms with van der Waals surface area (Å²) in [4.78, 5) is 1.29. The molecule has 0 radical (unpaired) electrons. The van der Waals surface area contributed by atoms with Crippen LogP contribution < -0.4 is 0 Å².